The molecule has 98 valence electrons. The van der Waals surface area contributed by atoms with E-state index >= 15 is 0 Å². The summed E-state index contributed by atoms with van der Waals surface area (Å²) in [6.45, 7) is 0.640. The van der Waals surface area contributed by atoms with Gasteiger partial charge < -0.3 is 15.1 Å². The molecule has 0 saturated heterocycles. The molecule has 3 aromatic rings. The molecule has 0 aliphatic carbocycles. The van der Waals surface area contributed by atoms with Gasteiger partial charge in [0.15, 0.2) is 17.3 Å². The fourth-order valence-corrected chi connectivity index (χ4v) is 2.76. The van der Waals surface area contributed by atoms with Gasteiger partial charge in [-0.25, -0.2) is 15.8 Å². The summed E-state index contributed by atoms with van der Waals surface area (Å²) < 4.78 is 2.62. The maximum atomic E-state index is 5.90. The molecule has 0 fully saturated rings. The summed E-state index contributed by atoms with van der Waals surface area (Å²) in [5, 5.41) is 3.24. The Hall–Kier alpha value is -1.83. The largest absolute Gasteiger partial charge is 0.362 e. The first kappa shape index (κ1) is 12.2. The van der Waals surface area contributed by atoms with E-state index in [9.17, 15) is 0 Å². The second-order valence-electron chi connectivity index (χ2n) is 3.84. The number of nitrogens with two attached hydrogens (primary N) is 1. The molecule has 4 N–H and O–H groups in total. The number of nitrogens with zero attached hydrogens (tertiary/aromatic N) is 3. The van der Waals surface area contributed by atoms with Crippen molar-refractivity contribution in [3.05, 3.63) is 39.9 Å². The topological polar surface area (TPSA) is 80.3 Å². The van der Waals surface area contributed by atoms with Crippen LogP contribution in [0.4, 0.5) is 11.6 Å². The zero-order chi connectivity index (χ0) is 13.2. The van der Waals surface area contributed by atoms with Crippen molar-refractivity contribution in [1.29, 1.82) is 0 Å². The minimum atomic E-state index is 0.567. The van der Waals surface area contributed by atoms with Gasteiger partial charge in [0.25, 0.3) is 0 Å². The van der Waals surface area contributed by atoms with E-state index in [4.69, 9.17) is 17.4 Å². The highest BCUT2D eigenvalue weighted by molar-refractivity contribution is 7.16. The molecule has 0 saturated carbocycles. The van der Waals surface area contributed by atoms with Gasteiger partial charge in [0, 0.05) is 17.3 Å². The Morgan fingerprint density at radius 1 is 1.42 bits per heavy atom. The van der Waals surface area contributed by atoms with Gasteiger partial charge in [-0.3, -0.25) is 0 Å². The Labute approximate surface area is 118 Å². The molecule has 19 heavy (non-hydrogen) atoms. The molecule has 0 unspecified atom stereocenters. The van der Waals surface area contributed by atoms with Crippen LogP contribution in [0.2, 0.25) is 4.34 Å². The lowest BCUT2D eigenvalue weighted by atomic mass is 10.4. The lowest BCUT2D eigenvalue weighted by Crippen LogP contribution is -2.11. The highest BCUT2D eigenvalue weighted by atomic mass is 35.5. The SMILES string of the molecule is NNc1cn2ccnc2c(NCc2ccc(Cl)s2)n1. The van der Waals surface area contributed by atoms with Crippen LogP contribution < -0.4 is 16.6 Å². The van der Waals surface area contributed by atoms with Gasteiger partial charge in [-0.2, -0.15) is 0 Å². The van der Waals surface area contributed by atoms with Crippen LogP contribution in [0.25, 0.3) is 5.65 Å². The van der Waals surface area contributed by atoms with Gasteiger partial charge >= 0.3 is 0 Å². The molecule has 0 aliphatic rings. The van der Waals surface area contributed by atoms with Crippen molar-refractivity contribution in [3.63, 3.8) is 0 Å². The van der Waals surface area contributed by atoms with Gasteiger partial charge in [0.2, 0.25) is 0 Å². The Bertz CT molecular complexity index is 706. The van der Waals surface area contributed by atoms with Gasteiger partial charge in [-0.05, 0) is 12.1 Å². The third-order valence-electron chi connectivity index (χ3n) is 2.58. The normalized spacial score (nSPS) is 10.8. The maximum Gasteiger partial charge on any atom is 0.180 e. The van der Waals surface area contributed by atoms with Gasteiger partial charge in [-0.15, -0.1) is 11.3 Å². The van der Waals surface area contributed by atoms with E-state index < -0.39 is 0 Å². The zero-order valence-corrected chi connectivity index (χ0v) is 11.4. The molecule has 0 radical (unpaired) electrons. The summed E-state index contributed by atoms with van der Waals surface area (Å²) in [6.07, 6.45) is 5.32. The van der Waals surface area contributed by atoms with E-state index in [-0.39, 0.29) is 0 Å². The molecule has 0 aliphatic heterocycles. The van der Waals surface area contributed by atoms with Crippen molar-refractivity contribution in [3.8, 4) is 0 Å². The number of fused-ring (bicyclic) bond motifs is 1. The van der Waals surface area contributed by atoms with Crippen molar-refractivity contribution in [2.75, 3.05) is 10.7 Å². The number of thiophene rings is 1. The van der Waals surface area contributed by atoms with E-state index in [0.717, 1.165) is 14.9 Å². The third-order valence-corrected chi connectivity index (χ3v) is 3.81. The molecule has 3 heterocycles. The third kappa shape index (κ3) is 2.48. The van der Waals surface area contributed by atoms with Crippen LogP contribution >= 0.6 is 22.9 Å². The number of halogens is 1. The summed E-state index contributed by atoms with van der Waals surface area (Å²) in [5.74, 6) is 6.64. The number of aromatic nitrogens is 3. The fourth-order valence-electron chi connectivity index (χ4n) is 1.74. The summed E-state index contributed by atoms with van der Waals surface area (Å²) >= 11 is 7.43. The number of nitrogen functional groups attached to an aromatic ring is 1. The Morgan fingerprint density at radius 3 is 3.05 bits per heavy atom. The number of anilines is 2. The van der Waals surface area contributed by atoms with Crippen LogP contribution in [0, 0.1) is 0 Å². The van der Waals surface area contributed by atoms with Crippen molar-refractivity contribution in [2.45, 2.75) is 6.54 Å². The van der Waals surface area contributed by atoms with Crippen molar-refractivity contribution in [2.24, 2.45) is 5.84 Å². The van der Waals surface area contributed by atoms with Gasteiger partial charge in [0.1, 0.15) is 0 Å². The first-order chi connectivity index (χ1) is 9.26. The minimum absolute atomic E-state index is 0.567. The van der Waals surface area contributed by atoms with Crippen LogP contribution in [0.5, 0.6) is 0 Å². The quantitative estimate of drug-likeness (QED) is 0.508. The summed E-state index contributed by atoms with van der Waals surface area (Å²) in [4.78, 5) is 9.74. The lowest BCUT2D eigenvalue weighted by molar-refractivity contribution is 1.07. The molecule has 3 rings (SSSR count). The number of hydrogen-bond donors (Lipinski definition) is 3. The maximum absolute atomic E-state index is 5.90. The van der Waals surface area contributed by atoms with E-state index in [1.807, 2.05) is 22.7 Å². The average molecular weight is 295 g/mol. The molecule has 0 spiro atoms. The Kier molecular flexibility index (Phi) is 3.24. The second kappa shape index (κ2) is 5.04. The van der Waals surface area contributed by atoms with Crippen molar-refractivity contribution >= 4 is 40.2 Å². The second-order valence-corrected chi connectivity index (χ2v) is 5.64. The summed E-state index contributed by atoms with van der Waals surface area (Å²) in [6, 6.07) is 3.85. The van der Waals surface area contributed by atoms with Crippen LogP contribution in [0.3, 0.4) is 0 Å². The number of hydrogen-bond acceptors (Lipinski definition) is 6. The average Bonchev–Trinajstić information content (AvgIpc) is 3.04. The molecule has 0 atom stereocenters. The Balaban J connectivity index is 1.88. The van der Waals surface area contributed by atoms with Crippen LogP contribution in [0.15, 0.2) is 30.7 Å². The van der Waals surface area contributed by atoms with Crippen LogP contribution in [0.1, 0.15) is 4.88 Å². The predicted molar refractivity (Wildman–Crippen MR) is 77.5 cm³/mol. The summed E-state index contributed by atoms with van der Waals surface area (Å²) in [5.41, 5.74) is 3.28. The number of imidazole rings is 1. The summed E-state index contributed by atoms with van der Waals surface area (Å²) in [7, 11) is 0. The van der Waals surface area contributed by atoms with Crippen LogP contribution in [-0.2, 0) is 6.54 Å². The van der Waals surface area contributed by atoms with Crippen molar-refractivity contribution in [1.82, 2.24) is 14.4 Å². The first-order valence-corrected chi connectivity index (χ1v) is 6.74. The van der Waals surface area contributed by atoms with E-state index in [0.29, 0.717) is 18.2 Å². The Morgan fingerprint density at radius 2 is 2.32 bits per heavy atom. The molecule has 0 amide bonds. The molecular weight excluding hydrogens is 284 g/mol. The van der Waals surface area contributed by atoms with Crippen LogP contribution in [-0.4, -0.2) is 14.4 Å². The van der Waals surface area contributed by atoms with Crippen molar-refractivity contribution < 1.29 is 0 Å². The van der Waals surface area contributed by atoms with E-state index in [1.54, 1.807) is 12.4 Å². The predicted octanol–water partition coefficient (Wildman–Crippen LogP) is 2.34. The highest BCUT2D eigenvalue weighted by Crippen LogP contribution is 2.23. The number of nitrogens with one attached hydrogen (secondary N) is 2. The minimum Gasteiger partial charge on any atom is -0.362 e. The lowest BCUT2D eigenvalue weighted by Gasteiger charge is -2.08. The molecule has 3 aromatic heterocycles. The van der Waals surface area contributed by atoms with E-state index in [1.165, 1.54) is 11.3 Å². The monoisotopic (exact) mass is 294 g/mol. The smallest absolute Gasteiger partial charge is 0.180 e. The standard InChI is InChI=1S/C11H11ClN6S/c12-8-2-1-7(19-8)5-15-10-11-14-3-4-18(11)6-9(16-10)17-13/h1-4,6,17H,5,13H2,(H,15,16). The fraction of sp³-hybridized carbons (Fsp3) is 0.0909. The molecule has 8 heteroatoms. The zero-order valence-electron chi connectivity index (χ0n) is 9.80. The molecule has 0 aromatic carbocycles. The highest BCUT2D eigenvalue weighted by Gasteiger charge is 2.07. The molecular formula is C11H11ClN6S. The number of rotatable bonds is 4. The molecule has 6 nitrogen and oxygen atoms in total. The van der Waals surface area contributed by atoms with E-state index in [2.05, 4.69) is 20.7 Å². The molecule has 0 bridgehead atoms. The van der Waals surface area contributed by atoms with Gasteiger partial charge in [-0.1, -0.05) is 11.6 Å². The van der Waals surface area contributed by atoms with Gasteiger partial charge in [0.05, 0.1) is 17.1 Å². The number of hydrazine groups is 1. The first-order valence-electron chi connectivity index (χ1n) is 5.54.